The Labute approximate surface area is 181 Å². The highest BCUT2D eigenvalue weighted by molar-refractivity contribution is 6.83. The van der Waals surface area contributed by atoms with E-state index in [-0.39, 0.29) is 0 Å². The average molecular weight is 423 g/mol. The Morgan fingerprint density at radius 2 is 0.857 bits per heavy atom. The lowest BCUT2D eigenvalue weighted by Gasteiger charge is -2.23. The average Bonchev–Trinajstić information content (AvgIpc) is 2.59. The molecule has 28 heavy (non-hydrogen) atoms. The largest absolute Gasteiger partial charge is 0.0892 e. The summed E-state index contributed by atoms with van der Waals surface area (Å²) in [6.45, 7) is 19.8. The van der Waals surface area contributed by atoms with Crippen LogP contribution in [-0.4, -0.2) is 16.1 Å². The summed E-state index contributed by atoms with van der Waals surface area (Å²) >= 11 is 0. The molecule has 0 aromatic rings. The van der Waals surface area contributed by atoms with Crippen LogP contribution in [0.15, 0.2) is 22.5 Å². The van der Waals surface area contributed by atoms with Gasteiger partial charge in [-0.25, -0.2) is 0 Å². The number of unbranched alkanes of at least 4 members (excludes halogenated alkanes) is 9. The molecule has 0 heterocycles. The fraction of sp³-hybridized carbons (Fsp3) is 0.846. The van der Waals surface area contributed by atoms with E-state index in [1.807, 2.05) is 10.4 Å². The second-order valence-electron chi connectivity index (χ2n) is 10.9. The lowest BCUT2D eigenvalue weighted by atomic mass is 10.1. The molecule has 0 aliphatic carbocycles. The van der Waals surface area contributed by atoms with Gasteiger partial charge in [-0.2, -0.15) is 0 Å². The third-order valence-electron chi connectivity index (χ3n) is 5.97. The molecule has 0 fully saturated rings. The van der Waals surface area contributed by atoms with Crippen LogP contribution >= 0.6 is 0 Å². The van der Waals surface area contributed by atoms with Gasteiger partial charge in [-0.05, 0) is 51.4 Å². The molecular weight excluding hydrogens is 368 g/mol. The Balaban J connectivity index is 4.50. The summed E-state index contributed by atoms with van der Waals surface area (Å²) in [6, 6.07) is 0. The molecule has 0 nitrogen and oxygen atoms in total. The molecule has 0 saturated carbocycles. The van der Waals surface area contributed by atoms with Crippen molar-refractivity contribution in [2.45, 2.75) is 143 Å². The van der Waals surface area contributed by atoms with Gasteiger partial charge in [0.2, 0.25) is 0 Å². The minimum absolute atomic E-state index is 1.15. The van der Waals surface area contributed by atoms with Gasteiger partial charge in [0.25, 0.3) is 0 Å². The van der Waals surface area contributed by atoms with E-state index in [1.165, 1.54) is 89.9 Å². The van der Waals surface area contributed by atoms with Crippen molar-refractivity contribution in [3.05, 3.63) is 22.5 Å². The van der Waals surface area contributed by atoms with E-state index in [0.29, 0.717) is 0 Å². The topological polar surface area (TPSA) is 0 Å². The molecular formula is C26H54Si2. The third-order valence-corrected chi connectivity index (χ3v) is 10.7. The van der Waals surface area contributed by atoms with E-state index >= 15 is 0 Å². The molecule has 0 aliphatic rings. The molecule has 0 aromatic heterocycles. The van der Waals surface area contributed by atoms with Crippen molar-refractivity contribution in [1.29, 1.82) is 0 Å². The summed E-state index contributed by atoms with van der Waals surface area (Å²) in [7, 11) is -2.30. The number of rotatable bonds is 17. The van der Waals surface area contributed by atoms with Crippen LogP contribution in [0.25, 0.3) is 0 Å². The molecule has 0 N–H and O–H groups in total. The Morgan fingerprint density at radius 1 is 0.500 bits per heavy atom. The summed E-state index contributed by atoms with van der Waals surface area (Å²) < 4.78 is 0. The molecule has 2 heteroatoms. The third kappa shape index (κ3) is 14.8. The second-order valence-corrected chi connectivity index (χ2v) is 21.1. The minimum Gasteiger partial charge on any atom is -0.0892 e. The maximum atomic E-state index is 2.64. The predicted octanol–water partition coefficient (Wildman–Crippen LogP) is 10.1. The van der Waals surface area contributed by atoms with Crippen molar-refractivity contribution in [3.63, 3.8) is 0 Å². The van der Waals surface area contributed by atoms with Gasteiger partial charge in [0, 0.05) is 0 Å². The van der Waals surface area contributed by atoms with Crippen molar-refractivity contribution >= 4 is 16.1 Å². The van der Waals surface area contributed by atoms with Crippen molar-refractivity contribution in [3.8, 4) is 0 Å². The predicted molar refractivity (Wildman–Crippen MR) is 139 cm³/mol. The molecule has 0 unspecified atom stereocenters. The van der Waals surface area contributed by atoms with E-state index in [1.54, 1.807) is 0 Å². The van der Waals surface area contributed by atoms with Crippen LogP contribution < -0.4 is 0 Å². The van der Waals surface area contributed by atoms with Crippen LogP contribution in [0.4, 0.5) is 0 Å². The first-order valence-corrected chi connectivity index (χ1v) is 19.5. The highest BCUT2D eigenvalue weighted by Gasteiger charge is 2.20. The van der Waals surface area contributed by atoms with Crippen LogP contribution in [0.2, 0.25) is 39.3 Å². The summed E-state index contributed by atoms with van der Waals surface area (Å²) in [5.41, 5.74) is 0. The molecule has 166 valence electrons. The lowest BCUT2D eigenvalue weighted by Crippen LogP contribution is -2.25. The molecule has 0 bridgehead atoms. The first-order chi connectivity index (χ1) is 13.1. The van der Waals surface area contributed by atoms with E-state index in [0.717, 1.165) is 0 Å². The fourth-order valence-corrected chi connectivity index (χ4v) is 7.26. The highest BCUT2D eigenvalue weighted by Crippen LogP contribution is 2.26. The van der Waals surface area contributed by atoms with Crippen molar-refractivity contribution in [2.75, 3.05) is 0 Å². The van der Waals surface area contributed by atoms with Gasteiger partial charge in [-0.1, -0.05) is 114 Å². The number of allylic oxidation sites excluding steroid dienone is 4. The first kappa shape index (κ1) is 27.9. The number of hydrogen-bond donors (Lipinski definition) is 0. The minimum atomic E-state index is -1.15. The smallest absolute Gasteiger partial charge is 0.0720 e. The van der Waals surface area contributed by atoms with Gasteiger partial charge in [0.15, 0.2) is 0 Å². The summed E-state index contributed by atoms with van der Waals surface area (Å²) in [5, 5.41) is 3.67. The van der Waals surface area contributed by atoms with Crippen molar-refractivity contribution in [2.24, 2.45) is 0 Å². The summed E-state index contributed by atoms with van der Waals surface area (Å²) in [5.74, 6) is 0. The molecule has 0 amide bonds. The van der Waals surface area contributed by atoms with Crippen molar-refractivity contribution in [1.82, 2.24) is 0 Å². The maximum Gasteiger partial charge on any atom is 0.0720 e. The monoisotopic (exact) mass is 422 g/mol. The van der Waals surface area contributed by atoms with Crippen LogP contribution in [0.5, 0.6) is 0 Å². The van der Waals surface area contributed by atoms with Gasteiger partial charge in [-0.15, -0.1) is 0 Å². The molecule has 0 saturated heterocycles. The zero-order valence-corrected chi connectivity index (χ0v) is 23.1. The Bertz CT molecular complexity index is 390. The van der Waals surface area contributed by atoms with E-state index < -0.39 is 16.1 Å². The zero-order chi connectivity index (χ0) is 21.5. The highest BCUT2D eigenvalue weighted by atomic mass is 28.3. The van der Waals surface area contributed by atoms with Gasteiger partial charge in [0.05, 0.1) is 16.1 Å². The summed E-state index contributed by atoms with van der Waals surface area (Å²) in [6.07, 6.45) is 24.5. The molecule has 0 spiro atoms. The van der Waals surface area contributed by atoms with E-state index in [2.05, 4.69) is 65.3 Å². The molecule has 0 rings (SSSR count). The first-order valence-electron chi connectivity index (χ1n) is 12.5. The van der Waals surface area contributed by atoms with Crippen LogP contribution in [0, 0.1) is 0 Å². The van der Waals surface area contributed by atoms with E-state index in [9.17, 15) is 0 Å². The Kier molecular flexibility index (Phi) is 15.7. The normalized spacial score (nSPS) is 14.0. The standard InChI is InChI=1S/C26H54Si2/c1-9-11-13-15-17-21-25(27(3,4)5)23-19-20-24-26(28(6,7)8)22-18-16-14-12-10-2/h21-22H,9-20,23-24H2,1-8H3/b25-21-,26-22-. The van der Waals surface area contributed by atoms with Gasteiger partial charge < -0.3 is 0 Å². The number of hydrogen-bond acceptors (Lipinski definition) is 0. The Morgan fingerprint density at radius 3 is 1.14 bits per heavy atom. The van der Waals surface area contributed by atoms with Crippen LogP contribution in [-0.2, 0) is 0 Å². The second kappa shape index (κ2) is 15.7. The van der Waals surface area contributed by atoms with Gasteiger partial charge in [-0.3, -0.25) is 0 Å². The van der Waals surface area contributed by atoms with Crippen molar-refractivity contribution < 1.29 is 0 Å². The molecule has 0 aliphatic heterocycles. The quantitative estimate of drug-likeness (QED) is 0.161. The van der Waals surface area contributed by atoms with Crippen LogP contribution in [0.3, 0.4) is 0 Å². The summed E-state index contributed by atoms with van der Waals surface area (Å²) in [4.78, 5) is 0. The van der Waals surface area contributed by atoms with E-state index in [4.69, 9.17) is 0 Å². The maximum absolute atomic E-state index is 2.64. The fourth-order valence-electron chi connectivity index (χ4n) is 3.89. The molecule has 0 aromatic carbocycles. The van der Waals surface area contributed by atoms with Gasteiger partial charge in [0.1, 0.15) is 0 Å². The van der Waals surface area contributed by atoms with Gasteiger partial charge >= 0.3 is 0 Å². The SMILES string of the molecule is CCCCCC/C=C(/CCCC/C(=C/CCCCCC)[Si](C)(C)C)[Si](C)(C)C. The molecule has 0 atom stereocenters. The zero-order valence-electron chi connectivity index (χ0n) is 21.1. The molecule has 0 radical (unpaired) electrons. The van der Waals surface area contributed by atoms with Crippen LogP contribution in [0.1, 0.15) is 104 Å². The lowest BCUT2D eigenvalue weighted by molar-refractivity contribution is 0.669. The Hall–Kier alpha value is -0.0862.